The number of methoxy groups -OCH3 is 1. The number of likely N-dealkylation sites (tertiary alicyclic amines) is 1. The average Bonchev–Trinajstić information content (AvgIpc) is 3.02. The number of nitrogens with zero attached hydrogens (tertiary/aromatic N) is 2. The molecule has 25 heavy (non-hydrogen) atoms. The summed E-state index contributed by atoms with van der Waals surface area (Å²) in [4.78, 5) is 39.8. The third-order valence-electron chi connectivity index (χ3n) is 5.06. The summed E-state index contributed by atoms with van der Waals surface area (Å²) in [5.41, 5.74) is 6.03. The Labute approximate surface area is 146 Å². The van der Waals surface area contributed by atoms with Gasteiger partial charge in [0.1, 0.15) is 5.75 Å². The third kappa shape index (κ3) is 3.45. The predicted molar refractivity (Wildman–Crippen MR) is 92.0 cm³/mol. The molecule has 0 saturated carbocycles. The first-order valence-electron chi connectivity index (χ1n) is 8.52. The van der Waals surface area contributed by atoms with Gasteiger partial charge in [0.05, 0.1) is 18.7 Å². The normalized spacial score (nSPS) is 21.5. The number of amides is 3. The van der Waals surface area contributed by atoms with Crippen LogP contribution in [0, 0.1) is 11.8 Å². The molecule has 2 aliphatic rings. The van der Waals surface area contributed by atoms with Crippen LogP contribution in [-0.2, 0) is 14.4 Å². The second-order valence-electron chi connectivity index (χ2n) is 6.58. The second kappa shape index (κ2) is 7.13. The van der Waals surface area contributed by atoms with Gasteiger partial charge in [0.25, 0.3) is 0 Å². The Morgan fingerprint density at radius 2 is 1.84 bits per heavy atom. The Balaban J connectivity index is 1.66. The minimum Gasteiger partial charge on any atom is -0.495 e. The molecule has 1 atom stereocenters. The summed E-state index contributed by atoms with van der Waals surface area (Å²) in [6.45, 7) is 1.39. The number of carbonyl (C=O) groups excluding carboxylic acids is 3. The Hall–Kier alpha value is -2.57. The van der Waals surface area contributed by atoms with Crippen molar-refractivity contribution in [1.82, 2.24) is 4.90 Å². The van der Waals surface area contributed by atoms with Crippen LogP contribution in [0.25, 0.3) is 0 Å². The molecule has 7 nitrogen and oxygen atoms in total. The number of anilines is 1. The van der Waals surface area contributed by atoms with Crippen molar-refractivity contribution in [3.8, 4) is 5.75 Å². The fourth-order valence-electron chi connectivity index (χ4n) is 3.60. The van der Waals surface area contributed by atoms with Crippen LogP contribution in [0.15, 0.2) is 24.3 Å². The standard InChI is InChI=1S/C18H23N3O4/c1-25-15-5-3-2-4-14(15)21-11-13(10-16(21)22)18(24)20-8-6-12(7-9-20)17(19)23/h2-5,12-13H,6-11H2,1H3,(H2,19,23)/t13-/m0/s1. The lowest BCUT2D eigenvalue weighted by molar-refractivity contribution is -0.138. The molecule has 2 N–H and O–H groups in total. The summed E-state index contributed by atoms with van der Waals surface area (Å²) in [5.74, 6) is -0.290. The van der Waals surface area contributed by atoms with E-state index in [1.54, 1.807) is 23.0 Å². The topological polar surface area (TPSA) is 92.9 Å². The van der Waals surface area contributed by atoms with Gasteiger partial charge in [0.15, 0.2) is 0 Å². The van der Waals surface area contributed by atoms with E-state index in [2.05, 4.69) is 0 Å². The molecule has 0 radical (unpaired) electrons. The average molecular weight is 345 g/mol. The van der Waals surface area contributed by atoms with Crippen LogP contribution >= 0.6 is 0 Å². The first kappa shape index (κ1) is 17.3. The van der Waals surface area contributed by atoms with Crippen LogP contribution in [0.2, 0.25) is 0 Å². The van der Waals surface area contributed by atoms with Crippen LogP contribution in [-0.4, -0.2) is 49.4 Å². The largest absolute Gasteiger partial charge is 0.495 e. The van der Waals surface area contributed by atoms with Crippen molar-refractivity contribution in [2.75, 3.05) is 31.6 Å². The van der Waals surface area contributed by atoms with E-state index in [1.807, 2.05) is 18.2 Å². The summed E-state index contributed by atoms with van der Waals surface area (Å²) >= 11 is 0. The summed E-state index contributed by atoms with van der Waals surface area (Å²) in [7, 11) is 1.56. The van der Waals surface area contributed by atoms with Crippen molar-refractivity contribution in [2.24, 2.45) is 17.6 Å². The number of hydrogen-bond acceptors (Lipinski definition) is 4. The van der Waals surface area contributed by atoms with Crippen molar-refractivity contribution in [1.29, 1.82) is 0 Å². The SMILES string of the molecule is COc1ccccc1N1C[C@@H](C(=O)N2CCC(C(N)=O)CC2)CC1=O. The number of ether oxygens (including phenoxy) is 1. The van der Waals surface area contributed by atoms with Gasteiger partial charge >= 0.3 is 0 Å². The second-order valence-corrected chi connectivity index (χ2v) is 6.58. The van der Waals surface area contributed by atoms with Crippen LogP contribution in [0.5, 0.6) is 5.75 Å². The highest BCUT2D eigenvalue weighted by Crippen LogP contribution is 2.33. The van der Waals surface area contributed by atoms with Crippen LogP contribution in [0.1, 0.15) is 19.3 Å². The number of carbonyl (C=O) groups is 3. The van der Waals surface area contributed by atoms with Gasteiger partial charge in [0, 0.05) is 32.0 Å². The maximum Gasteiger partial charge on any atom is 0.228 e. The summed E-state index contributed by atoms with van der Waals surface area (Å²) in [6, 6.07) is 7.30. The number of nitrogens with two attached hydrogens (primary N) is 1. The lowest BCUT2D eigenvalue weighted by Gasteiger charge is -2.32. The molecule has 2 heterocycles. The Morgan fingerprint density at radius 3 is 2.48 bits per heavy atom. The molecule has 1 aromatic rings. The van der Waals surface area contributed by atoms with Gasteiger partial charge < -0.3 is 20.3 Å². The molecule has 0 bridgehead atoms. The van der Waals surface area contributed by atoms with Crippen molar-refractivity contribution in [3.63, 3.8) is 0 Å². The lowest BCUT2D eigenvalue weighted by atomic mass is 9.95. The summed E-state index contributed by atoms with van der Waals surface area (Å²) in [6.07, 6.45) is 1.39. The number of primary amides is 1. The van der Waals surface area contributed by atoms with E-state index < -0.39 is 0 Å². The van der Waals surface area contributed by atoms with E-state index in [0.717, 1.165) is 0 Å². The molecule has 134 valence electrons. The van der Waals surface area contributed by atoms with E-state index in [-0.39, 0.29) is 36.0 Å². The molecule has 2 saturated heterocycles. The maximum atomic E-state index is 12.8. The number of para-hydroxylation sites is 2. The fourth-order valence-corrected chi connectivity index (χ4v) is 3.60. The highest BCUT2D eigenvalue weighted by Gasteiger charge is 2.39. The monoisotopic (exact) mass is 345 g/mol. The van der Waals surface area contributed by atoms with Gasteiger partial charge in [-0.25, -0.2) is 0 Å². The zero-order valence-corrected chi connectivity index (χ0v) is 14.3. The number of rotatable bonds is 4. The van der Waals surface area contributed by atoms with Crippen molar-refractivity contribution >= 4 is 23.4 Å². The lowest BCUT2D eigenvalue weighted by Crippen LogP contribution is -2.44. The molecule has 0 aromatic heterocycles. The molecule has 7 heteroatoms. The van der Waals surface area contributed by atoms with E-state index in [0.29, 0.717) is 43.9 Å². The van der Waals surface area contributed by atoms with Gasteiger partial charge in [-0.2, -0.15) is 0 Å². The van der Waals surface area contributed by atoms with Crippen molar-refractivity contribution < 1.29 is 19.1 Å². The molecular weight excluding hydrogens is 322 g/mol. The Morgan fingerprint density at radius 1 is 1.16 bits per heavy atom. The van der Waals surface area contributed by atoms with E-state index in [4.69, 9.17) is 10.5 Å². The molecule has 2 fully saturated rings. The quantitative estimate of drug-likeness (QED) is 0.872. The van der Waals surface area contributed by atoms with Gasteiger partial charge in [-0.05, 0) is 25.0 Å². The smallest absolute Gasteiger partial charge is 0.228 e. The Bertz CT molecular complexity index is 683. The van der Waals surface area contributed by atoms with Gasteiger partial charge in [-0.1, -0.05) is 12.1 Å². The zero-order chi connectivity index (χ0) is 18.0. The number of hydrogen-bond donors (Lipinski definition) is 1. The van der Waals surface area contributed by atoms with Crippen LogP contribution < -0.4 is 15.4 Å². The van der Waals surface area contributed by atoms with Crippen LogP contribution in [0.4, 0.5) is 5.69 Å². The third-order valence-corrected chi connectivity index (χ3v) is 5.06. The summed E-state index contributed by atoms with van der Waals surface area (Å²) < 4.78 is 5.32. The van der Waals surface area contributed by atoms with Crippen LogP contribution in [0.3, 0.4) is 0 Å². The zero-order valence-electron chi connectivity index (χ0n) is 14.3. The maximum absolute atomic E-state index is 12.8. The molecule has 1 aromatic carbocycles. The first-order chi connectivity index (χ1) is 12.0. The first-order valence-corrected chi connectivity index (χ1v) is 8.52. The molecule has 3 rings (SSSR count). The molecule has 2 aliphatic heterocycles. The predicted octanol–water partition coefficient (Wildman–Crippen LogP) is 0.772. The molecule has 3 amide bonds. The summed E-state index contributed by atoms with van der Waals surface area (Å²) in [5, 5.41) is 0. The molecule has 0 aliphatic carbocycles. The minimum atomic E-state index is -0.359. The highest BCUT2D eigenvalue weighted by molar-refractivity contribution is 6.01. The van der Waals surface area contributed by atoms with E-state index in [1.165, 1.54) is 0 Å². The Kier molecular flexibility index (Phi) is 4.92. The number of benzene rings is 1. The van der Waals surface area contributed by atoms with Gasteiger partial charge in [0.2, 0.25) is 17.7 Å². The van der Waals surface area contributed by atoms with Crippen molar-refractivity contribution in [3.05, 3.63) is 24.3 Å². The van der Waals surface area contributed by atoms with E-state index >= 15 is 0 Å². The van der Waals surface area contributed by atoms with Gasteiger partial charge in [-0.3, -0.25) is 14.4 Å². The van der Waals surface area contributed by atoms with E-state index in [9.17, 15) is 14.4 Å². The molecule has 0 unspecified atom stereocenters. The van der Waals surface area contributed by atoms with Crippen molar-refractivity contribution in [2.45, 2.75) is 19.3 Å². The fraction of sp³-hybridized carbons (Fsp3) is 0.500. The molecular formula is C18H23N3O4. The number of piperidine rings is 1. The molecule has 0 spiro atoms. The van der Waals surface area contributed by atoms with Gasteiger partial charge in [-0.15, -0.1) is 0 Å². The minimum absolute atomic E-state index is 0.0198. The highest BCUT2D eigenvalue weighted by atomic mass is 16.5.